The zero-order valence-electron chi connectivity index (χ0n) is 16.8. The standard InChI is InChI=1S/C14H17F9N6O5/c15-12(16,17)9(30)25-1-3-26(10(31)13(18,19)20)5-7-28(29(34)24-33)8-6-27(4-2-25)11(32)14(21,22)23/h33H,1-8H2/p-1/b29-24-. The summed E-state index contributed by atoms with van der Waals surface area (Å²) in [6.07, 6.45) is -16.6. The molecule has 1 rings (SSSR count). The SMILES string of the molecule is O=C(N1CCN(C(=O)C(F)(F)F)CCN(/[N+]([O-])=N/[O-])CCN(C(=O)C(F)(F)F)CC1)C(F)(F)F. The Bertz CT molecular complexity index is 743. The fourth-order valence-electron chi connectivity index (χ4n) is 2.77. The molecular weight excluding hydrogens is 503 g/mol. The Balaban J connectivity index is 3.34. The molecule has 0 aromatic heterocycles. The summed E-state index contributed by atoms with van der Waals surface area (Å²) in [5, 5.41) is 24.2. The first-order valence-corrected chi connectivity index (χ1v) is 9.03. The quantitative estimate of drug-likeness (QED) is 0.219. The van der Waals surface area contributed by atoms with Gasteiger partial charge in [0.2, 0.25) is 0 Å². The summed E-state index contributed by atoms with van der Waals surface area (Å²) >= 11 is 0. The first kappa shape index (κ1) is 28.8. The number of carbonyl (C=O) groups is 3. The molecule has 0 aromatic rings. The zero-order chi connectivity index (χ0) is 26.5. The molecule has 11 nitrogen and oxygen atoms in total. The zero-order valence-corrected chi connectivity index (χ0v) is 16.8. The number of halogens is 9. The third-order valence-electron chi connectivity index (χ3n) is 4.44. The number of hydrogen-bond acceptors (Lipinski definition) is 6. The number of amides is 3. The minimum Gasteiger partial charge on any atom is -0.737 e. The van der Waals surface area contributed by atoms with Crippen LogP contribution in [0.1, 0.15) is 0 Å². The average molecular weight is 519 g/mol. The van der Waals surface area contributed by atoms with Gasteiger partial charge in [-0.25, -0.2) is 0 Å². The lowest BCUT2D eigenvalue weighted by Crippen LogP contribution is -2.54. The number of nitrogens with zero attached hydrogens (tertiary/aromatic N) is 6. The molecule has 0 unspecified atom stereocenters. The summed E-state index contributed by atoms with van der Waals surface area (Å²) < 4.78 is 116. The first-order valence-electron chi connectivity index (χ1n) is 9.03. The molecule has 0 spiro atoms. The summed E-state index contributed by atoms with van der Waals surface area (Å²) in [7, 11) is 0. The molecule has 0 aromatic carbocycles. The van der Waals surface area contributed by atoms with Gasteiger partial charge in [-0.1, -0.05) is 0 Å². The lowest BCUT2D eigenvalue weighted by molar-refractivity contribution is -0.690. The Kier molecular flexibility index (Phi) is 9.16. The minimum atomic E-state index is -5.57. The second-order valence-corrected chi connectivity index (χ2v) is 6.66. The van der Waals surface area contributed by atoms with Crippen LogP contribution in [0, 0.1) is 10.4 Å². The van der Waals surface area contributed by atoms with Crippen molar-refractivity contribution in [1.29, 1.82) is 0 Å². The van der Waals surface area contributed by atoms with Gasteiger partial charge < -0.3 is 25.1 Å². The van der Waals surface area contributed by atoms with Crippen molar-refractivity contribution in [1.82, 2.24) is 19.7 Å². The van der Waals surface area contributed by atoms with Gasteiger partial charge in [0.1, 0.15) is 0 Å². The Hall–Kier alpha value is -3.22. The molecule has 0 bridgehead atoms. The van der Waals surface area contributed by atoms with E-state index in [4.69, 9.17) is 0 Å². The Morgan fingerprint density at radius 1 is 0.588 bits per heavy atom. The predicted molar refractivity (Wildman–Crippen MR) is 88.9 cm³/mol. The molecule has 1 heterocycles. The second-order valence-electron chi connectivity index (χ2n) is 6.66. The van der Waals surface area contributed by atoms with Gasteiger partial charge in [0.25, 0.3) is 0 Å². The molecule has 1 aliphatic heterocycles. The van der Waals surface area contributed by atoms with Crippen LogP contribution in [0.15, 0.2) is 5.28 Å². The molecule has 0 radical (unpaired) electrons. The van der Waals surface area contributed by atoms with Gasteiger partial charge >= 0.3 is 36.3 Å². The van der Waals surface area contributed by atoms with Crippen LogP contribution >= 0.6 is 0 Å². The van der Waals surface area contributed by atoms with E-state index in [1.165, 1.54) is 0 Å². The summed E-state index contributed by atoms with van der Waals surface area (Å²) in [4.78, 5) is 33.8. The smallest absolute Gasteiger partial charge is 0.471 e. The fraction of sp³-hybridized carbons (Fsp3) is 0.786. The van der Waals surface area contributed by atoms with Crippen LogP contribution in [0.25, 0.3) is 0 Å². The average Bonchev–Trinajstić information content (AvgIpc) is 2.70. The van der Waals surface area contributed by atoms with Crippen molar-refractivity contribution >= 4 is 17.7 Å². The number of hydrazine groups is 1. The Labute approximate surface area is 184 Å². The normalized spacial score (nSPS) is 18.3. The van der Waals surface area contributed by atoms with Crippen molar-refractivity contribution in [2.24, 2.45) is 5.28 Å². The highest BCUT2D eigenvalue weighted by molar-refractivity contribution is 5.83. The van der Waals surface area contributed by atoms with Crippen molar-refractivity contribution in [2.75, 3.05) is 52.4 Å². The number of hydrogen-bond donors (Lipinski definition) is 0. The van der Waals surface area contributed by atoms with Gasteiger partial charge in [-0.2, -0.15) is 39.5 Å². The van der Waals surface area contributed by atoms with Crippen molar-refractivity contribution in [2.45, 2.75) is 18.5 Å². The van der Waals surface area contributed by atoms with Crippen molar-refractivity contribution in [3.8, 4) is 0 Å². The molecule has 0 atom stereocenters. The maximum Gasteiger partial charge on any atom is 0.471 e. The molecule has 20 heteroatoms. The Morgan fingerprint density at radius 3 is 1.03 bits per heavy atom. The van der Waals surface area contributed by atoms with E-state index >= 15 is 0 Å². The number of rotatable bonds is 1. The minimum absolute atomic E-state index is 0.0530. The van der Waals surface area contributed by atoms with Crippen LogP contribution in [0.2, 0.25) is 0 Å². The van der Waals surface area contributed by atoms with Crippen molar-refractivity contribution in [3.63, 3.8) is 0 Å². The predicted octanol–water partition coefficient (Wildman–Crippen LogP) is 0.850. The third-order valence-corrected chi connectivity index (χ3v) is 4.44. The molecule has 0 N–H and O–H groups in total. The van der Waals surface area contributed by atoms with E-state index in [1.807, 2.05) is 5.28 Å². The van der Waals surface area contributed by atoms with Crippen molar-refractivity contribution < 1.29 is 58.9 Å². The van der Waals surface area contributed by atoms with Gasteiger partial charge in [-0.15, -0.1) is 5.01 Å². The summed E-state index contributed by atoms with van der Waals surface area (Å²) in [6, 6.07) is 0. The highest BCUT2D eigenvalue weighted by Gasteiger charge is 2.46. The van der Waals surface area contributed by atoms with E-state index in [0.717, 1.165) is 0 Å². The second kappa shape index (κ2) is 10.8. The van der Waals surface area contributed by atoms with Crippen molar-refractivity contribution in [3.05, 3.63) is 10.4 Å². The maximum atomic E-state index is 12.9. The molecule has 34 heavy (non-hydrogen) atoms. The monoisotopic (exact) mass is 519 g/mol. The summed E-state index contributed by atoms with van der Waals surface area (Å²) in [6.45, 7) is -8.72. The van der Waals surface area contributed by atoms with Gasteiger partial charge in [0, 0.05) is 44.2 Å². The Morgan fingerprint density at radius 2 is 0.824 bits per heavy atom. The van der Waals surface area contributed by atoms with Crippen LogP contribution in [0.5, 0.6) is 0 Å². The molecule has 1 fully saturated rings. The number of carbonyl (C=O) groups excluding carboxylic acids is 3. The molecule has 0 saturated carbocycles. The topological polar surface area (TPSA) is 126 Å². The van der Waals surface area contributed by atoms with E-state index in [1.54, 1.807) is 0 Å². The highest BCUT2D eigenvalue weighted by atomic mass is 19.4. The van der Waals surface area contributed by atoms with E-state index < -0.39 is 93.6 Å². The highest BCUT2D eigenvalue weighted by Crippen LogP contribution is 2.22. The van der Waals surface area contributed by atoms with Crippen LogP contribution < -0.4 is 0 Å². The van der Waals surface area contributed by atoms with E-state index in [-0.39, 0.29) is 19.7 Å². The van der Waals surface area contributed by atoms with E-state index in [2.05, 4.69) is 0 Å². The maximum absolute atomic E-state index is 12.9. The van der Waals surface area contributed by atoms with Gasteiger partial charge in [0.15, 0.2) is 0 Å². The van der Waals surface area contributed by atoms with Gasteiger partial charge in [-0.3, -0.25) is 14.4 Å². The van der Waals surface area contributed by atoms with Crippen LogP contribution in [0.3, 0.4) is 0 Å². The van der Waals surface area contributed by atoms with Gasteiger partial charge in [0.05, 0.1) is 13.1 Å². The largest absolute Gasteiger partial charge is 0.737 e. The number of alkyl halides is 9. The lowest BCUT2D eigenvalue weighted by atomic mass is 10.3. The molecule has 1 saturated heterocycles. The van der Waals surface area contributed by atoms with Gasteiger partial charge in [-0.05, 0) is 5.28 Å². The van der Waals surface area contributed by atoms with Crippen LogP contribution in [-0.4, -0.2) is 113 Å². The molecule has 1 aliphatic rings. The lowest BCUT2D eigenvalue weighted by Gasteiger charge is -2.33. The summed E-state index contributed by atoms with van der Waals surface area (Å²) in [5.74, 6) is -7.72. The molecule has 3 amide bonds. The van der Waals surface area contributed by atoms with Crippen LogP contribution in [-0.2, 0) is 14.4 Å². The summed E-state index contributed by atoms with van der Waals surface area (Å²) in [5.41, 5.74) is 0. The molecule has 0 aliphatic carbocycles. The van der Waals surface area contributed by atoms with E-state index in [0.29, 0.717) is 0 Å². The van der Waals surface area contributed by atoms with E-state index in [9.17, 15) is 64.3 Å². The first-order chi connectivity index (χ1) is 15.4. The molecular formula is C14H16F9N6O5-. The van der Waals surface area contributed by atoms with Crippen LogP contribution in [0.4, 0.5) is 39.5 Å². The molecule has 196 valence electrons. The fourth-order valence-corrected chi connectivity index (χ4v) is 2.77. The third kappa shape index (κ3) is 7.97.